The highest BCUT2D eigenvalue weighted by Crippen LogP contribution is 2.17. The molecule has 0 saturated carbocycles. The lowest BCUT2D eigenvalue weighted by molar-refractivity contribution is -0.142. The number of likely N-dealkylation sites (tertiary alicyclic amines) is 1. The van der Waals surface area contributed by atoms with Gasteiger partial charge >= 0.3 is 0 Å². The summed E-state index contributed by atoms with van der Waals surface area (Å²) in [4.78, 5) is 38.7. The normalized spacial score (nSPS) is 16.9. The van der Waals surface area contributed by atoms with Crippen LogP contribution in [-0.4, -0.2) is 53.7 Å². The van der Waals surface area contributed by atoms with Gasteiger partial charge in [-0.3, -0.25) is 14.4 Å². The fourth-order valence-electron chi connectivity index (χ4n) is 3.02. The monoisotopic (exact) mass is 331 g/mol. The highest BCUT2D eigenvalue weighted by atomic mass is 16.2. The van der Waals surface area contributed by atoms with E-state index in [1.165, 1.54) is 15.4 Å². The summed E-state index contributed by atoms with van der Waals surface area (Å²) in [6, 6.07) is 9.47. The number of aryl methyl sites for hydroxylation is 1. The van der Waals surface area contributed by atoms with Gasteiger partial charge in [-0.15, -0.1) is 0 Å². The smallest absolute Gasteiger partial charge is 0.242 e. The number of nitrogens with zero attached hydrogens (tertiary/aromatic N) is 2. The van der Waals surface area contributed by atoms with Crippen LogP contribution in [0.25, 0.3) is 0 Å². The average molecular weight is 331 g/mol. The maximum absolute atomic E-state index is 12.3. The molecular formula is C18H25N3O3. The zero-order valence-corrected chi connectivity index (χ0v) is 14.1. The van der Waals surface area contributed by atoms with Gasteiger partial charge in [0.15, 0.2) is 0 Å². The number of carbonyl (C=O) groups is 3. The summed E-state index contributed by atoms with van der Waals surface area (Å²) < 4.78 is 0. The zero-order valence-electron chi connectivity index (χ0n) is 14.1. The summed E-state index contributed by atoms with van der Waals surface area (Å²) in [5, 5.41) is 0. The third kappa shape index (κ3) is 4.81. The van der Waals surface area contributed by atoms with Crippen molar-refractivity contribution < 1.29 is 14.4 Å². The molecule has 1 aromatic rings. The highest BCUT2D eigenvalue weighted by Gasteiger charge is 2.33. The molecule has 1 fully saturated rings. The maximum Gasteiger partial charge on any atom is 0.242 e. The van der Waals surface area contributed by atoms with Gasteiger partial charge in [-0.1, -0.05) is 30.3 Å². The molecular weight excluding hydrogens is 306 g/mol. The second kappa shape index (κ2) is 8.47. The average Bonchev–Trinajstić information content (AvgIpc) is 3.05. The van der Waals surface area contributed by atoms with Gasteiger partial charge in [0.1, 0.15) is 6.04 Å². The molecule has 6 nitrogen and oxygen atoms in total. The Morgan fingerprint density at radius 3 is 2.62 bits per heavy atom. The Hall–Kier alpha value is -2.37. The first-order valence-electron chi connectivity index (χ1n) is 8.35. The molecule has 1 heterocycles. The molecule has 6 heteroatoms. The van der Waals surface area contributed by atoms with E-state index in [0.29, 0.717) is 19.4 Å². The van der Waals surface area contributed by atoms with Crippen LogP contribution in [0.5, 0.6) is 0 Å². The molecule has 2 rings (SSSR count). The minimum atomic E-state index is -0.529. The summed E-state index contributed by atoms with van der Waals surface area (Å²) in [5.74, 6) is -0.748. The van der Waals surface area contributed by atoms with Crippen LogP contribution in [-0.2, 0) is 20.8 Å². The highest BCUT2D eigenvalue weighted by molar-refractivity contribution is 5.90. The Balaban J connectivity index is 1.76. The Bertz CT molecular complexity index is 588. The van der Waals surface area contributed by atoms with E-state index in [4.69, 9.17) is 5.73 Å². The van der Waals surface area contributed by atoms with Crippen LogP contribution in [0, 0.1) is 0 Å². The van der Waals surface area contributed by atoms with Gasteiger partial charge < -0.3 is 15.5 Å². The van der Waals surface area contributed by atoms with Crippen LogP contribution in [0.3, 0.4) is 0 Å². The largest absolute Gasteiger partial charge is 0.368 e. The molecule has 1 saturated heterocycles. The molecule has 1 atom stereocenters. The molecule has 24 heavy (non-hydrogen) atoms. The lowest BCUT2D eigenvalue weighted by Crippen LogP contribution is -2.47. The van der Waals surface area contributed by atoms with E-state index in [1.54, 1.807) is 7.05 Å². The van der Waals surface area contributed by atoms with Gasteiger partial charge in [-0.05, 0) is 31.2 Å². The van der Waals surface area contributed by atoms with Crippen molar-refractivity contribution >= 4 is 17.7 Å². The van der Waals surface area contributed by atoms with Crippen LogP contribution in [0.2, 0.25) is 0 Å². The van der Waals surface area contributed by atoms with Gasteiger partial charge in [-0.2, -0.15) is 0 Å². The first-order chi connectivity index (χ1) is 11.5. The van der Waals surface area contributed by atoms with E-state index in [2.05, 4.69) is 0 Å². The van der Waals surface area contributed by atoms with Gasteiger partial charge in [0, 0.05) is 20.0 Å². The van der Waals surface area contributed by atoms with E-state index in [0.717, 1.165) is 19.3 Å². The molecule has 0 aliphatic carbocycles. The molecule has 1 aliphatic heterocycles. The Labute approximate surface area is 142 Å². The topological polar surface area (TPSA) is 83.7 Å². The van der Waals surface area contributed by atoms with Crippen LogP contribution in [0.1, 0.15) is 31.2 Å². The van der Waals surface area contributed by atoms with Gasteiger partial charge in [0.05, 0.1) is 6.54 Å². The predicted molar refractivity (Wildman–Crippen MR) is 90.9 cm³/mol. The fraction of sp³-hybridized carbons (Fsp3) is 0.500. The maximum atomic E-state index is 12.3. The van der Waals surface area contributed by atoms with E-state index < -0.39 is 11.9 Å². The molecule has 0 radical (unpaired) electrons. The predicted octanol–water partition coefficient (Wildman–Crippen LogP) is 0.944. The fourth-order valence-corrected chi connectivity index (χ4v) is 3.02. The number of hydrogen-bond donors (Lipinski definition) is 1. The van der Waals surface area contributed by atoms with E-state index in [1.807, 2.05) is 30.3 Å². The molecule has 0 unspecified atom stereocenters. The van der Waals surface area contributed by atoms with E-state index >= 15 is 0 Å². The molecule has 0 aromatic heterocycles. The molecule has 0 bridgehead atoms. The molecule has 2 N–H and O–H groups in total. The van der Waals surface area contributed by atoms with Crippen molar-refractivity contribution in [3.8, 4) is 0 Å². The van der Waals surface area contributed by atoms with Gasteiger partial charge in [0.25, 0.3) is 0 Å². The van der Waals surface area contributed by atoms with Crippen LogP contribution in [0.4, 0.5) is 0 Å². The molecule has 130 valence electrons. The zero-order chi connectivity index (χ0) is 17.5. The van der Waals surface area contributed by atoms with Gasteiger partial charge in [-0.25, -0.2) is 0 Å². The minimum Gasteiger partial charge on any atom is -0.368 e. The summed E-state index contributed by atoms with van der Waals surface area (Å²) >= 11 is 0. The van der Waals surface area contributed by atoms with Crippen molar-refractivity contribution in [2.24, 2.45) is 5.73 Å². The number of hydrogen-bond acceptors (Lipinski definition) is 3. The Morgan fingerprint density at radius 1 is 1.25 bits per heavy atom. The SMILES string of the molecule is CN(CC(=O)N1CCC[C@H]1C(N)=O)C(=O)CCCc1ccccc1. The Morgan fingerprint density at radius 2 is 1.96 bits per heavy atom. The summed E-state index contributed by atoms with van der Waals surface area (Å²) in [5.41, 5.74) is 6.52. The number of nitrogens with two attached hydrogens (primary N) is 1. The van der Waals surface area contributed by atoms with Crippen molar-refractivity contribution in [2.75, 3.05) is 20.1 Å². The quantitative estimate of drug-likeness (QED) is 0.807. The van der Waals surface area contributed by atoms with E-state index in [-0.39, 0.29) is 18.4 Å². The number of benzene rings is 1. The molecule has 0 spiro atoms. The molecule has 1 aromatic carbocycles. The van der Waals surface area contributed by atoms with Crippen LogP contribution >= 0.6 is 0 Å². The summed E-state index contributed by atoms with van der Waals surface area (Å²) in [6.07, 6.45) is 3.36. The minimum absolute atomic E-state index is 0.00600. The Kier molecular flexibility index (Phi) is 6.35. The third-order valence-electron chi connectivity index (χ3n) is 4.40. The summed E-state index contributed by atoms with van der Waals surface area (Å²) in [6.45, 7) is 0.524. The number of rotatable bonds is 7. The van der Waals surface area contributed by atoms with Crippen LogP contribution in [0.15, 0.2) is 30.3 Å². The number of primary amides is 1. The van der Waals surface area contributed by atoms with Crippen molar-refractivity contribution in [3.63, 3.8) is 0 Å². The van der Waals surface area contributed by atoms with Crippen molar-refractivity contribution in [3.05, 3.63) is 35.9 Å². The second-order valence-corrected chi connectivity index (χ2v) is 6.24. The van der Waals surface area contributed by atoms with Crippen LogP contribution < -0.4 is 5.73 Å². The standard InChI is InChI=1S/C18H25N3O3/c1-20(13-17(23)21-12-6-10-15(21)18(19)24)16(22)11-5-9-14-7-3-2-4-8-14/h2-4,7-8,15H,5-6,9-13H2,1H3,(H2,19,24)/t15-/m0/s1. The third-order valence-corrected chi connectivity index (χ3v) is 4.40. The van der Waals surface area contributed by atoms with Gasteiger partial charge in [0.2, 0.25) is 17.7 Å². The lowest BCUT2D eigenvalue weighted by Gasteiger charge is -2.25. The lowest BCUT2D eigenvalue weighted by atomic mass is 10.1. The second-order valence-electron chi connectivity index (χ2n) is 6.24. The molecule has 1 aliphatic rings. The molecule has 3 amide bonds. The number of carbonyl (C=O) groups excluding carboxylic acids is 3. The first-order valence-corrected chi connectivity index (χ1v) is 8.35. The van der Waals surface area contributed by atoms with E-state index in [9.17, 15) is 14.4 Å². The van der Waals surface area contributed by atoms with Crippen molar-refractivity contribution in [1.82, 2.24) is 9.80 Å². The van der Waals surface area contributed by atoms with Crippen molar-refractivity contribution in [2.45, 2.75) is 38.1 Å². The number of amides is 3. The van der Waals surface area contributed by atoms with Crippen molar-refractivity contribution in [1.29, 1.82) is 0 Å². The first kappa shape index (κ1) is 18.0. The number of likely N-dealkylation sites (N-methyl/N-ethyl adjacent to an activating group) is 1. The summed E-state index contributed by atoms with van der Waals surface area (Å²) in [7, 11) is 1.62.